The zero-order valence-corrected chi connectivity index (χ0v) is 13.1. The summed E-state index contributed by atoms with van der Waals surface area (Å²) < 4.78 is 0. The van der Waals surface area contributed by atoms with Gasteiger partial charge in [-0.25, -0.2) is 0 Å². The van der Waals surface area contributed by atoms with Gasteiger partial charge in [-0.1, -0.05) is 18.8 Å². The van der Waals surface area contributed by atoms with E-state index in [-0.39, 0.29) is 18.6 Å². The summed E-state index contributed by atoms with van der Waals surface area (Å²) in [4.78, 5) is 12.9. The first-order valence-electron chi connectivity index (χ1n) is 6.84. The minimum atomic E-state index is -0.185. The Kier molecular flexibility index (Phi) is 5.96. The van der Waals surface area contributed by atoms with Gasteiger partial charge < -0.3 is 10.4 Å². The van der Waals surface area contributed by atoms with Crippen LogP contribution in [0.25, 0.3) is 0 Å². The summed E-state index contributed by atoms with van der Waals surface area (Å²) in [7, 11) is 0. The summed E-state index contributed by atoms with van der Waals surface area (Å²) in [5.74, 6) is 6.52. The fourth-order valence-electron chi connectivity index (χ4n) is 2.43. The van der Waals surface area contributed by atoms with Crippen LogP contribution >= 0.6 is 23.1 Å². The lowest BCUT2D eigenvalue weighted by Gasteiger charge is -2.12. The zero-order chi connectivity index (χ0) is 14.4. The van der Waals surface area contributed by atoms with Crippen molar-refractivity contribution in [3.8, 4) is 11.8 Å². The fraction of sp³-hybridized carbons (Fsp3) is 0.533. The molecule has 0 radical (unpaired) electrons. The molecule has 0 bridgehead atoms. The Hall–Kier alpha value is -0.960. The molecule has 1 heterocycles. The zero-order valence-electron chi connectivity index (χ0n) is 11.5. The number of aliphatic hydroxyl groups excluding tert-OH is 1. The molecule has 1 amide bonds. The van der Waals surface area contributed by atoms with Gasteiger partial charge in [-0.15, -0.1) is 11.3 Å². The molecule has 108 valence electrons. The maximum absolute atomic E-state index is 12.3. The number of carbonyl (C=O) groups excluding carboxylic acids is 1. The Morgan fingerprint density at radius 3 is 3.20 bits per heavy atom. The number of rotatable bonds is 4. The minimum Gasteiger partial charge on any atom is -0.384 e. The van der Waals surface area contributed by atoms with Gasteiger partial charge in [-0.05, 0) is 36.5 Å². The molecule has 0 saturated heterocycles. The number of aliphatic hydroxyl groups is 1. The summed E-state index contributed by atoms with van der Waals surface area (Å²) >= 11 is 3.38. The summed E-state index contributed by atoms with van der Waals surface area (Å²) in [5, 5.41) is 14.4. The molecule has 1 aromatic rings. The lowest BCUT2D eigenvalue weighted by molar-refractivity contribution is 0.0942. The number of hydrogen-bond acceptors (Lipinski definition) is 4. The number of carbonyl (C=O) groups is 1. The monoisotopic (exact) mass is 309 g/mol. The first kappa shape index (κ1) is 15.4. The average molecular weight is 309 g/mol. The summed E-state index contributed by atoms with van der Waals surface area (Å²) in [6.45, 7) is 1.99. The predicted molar refractivity (Wildman–Crippen MR) is 85.3 cm³/mol. The topological polar surface area (TPSA) is 49.3 Å². The molecule has 2 rings (SSSR count). The maximum atomic E-state index is 12.3. The van der Waals surface area contributed by atoms with Crippen molar-refractivity contribution in [2.45, 2.75) is 37.5 Å². The number of hydrogen-bond donors (Lipinski definition) is 2. The summed E-state index contributed by atoms with van der Waals surface area (Å²) in [6.07, 6.45) is 3.31. The molecule has 2 unspecified atom stereocenters. The quantitative estimate of drug-likeness (QED) is 0.840. The van der Waals surface area contributed by atoms with E-state index in [0.717, 1.165) is 18.6 Å². The third-order valence-electron chi connectivity index (χ3n) is 3.30. The van der Waals surface area contributed by atoms with E-state index in [9.17, 15) is 4.79 Å². The number of thiophene rings is 1. The van der Waals surface area contributed by atoms with Crippen molar-refractivity contribution in [1.82, 2.24) is 5.32 Å². The van der Waals surface area contributed by atoms with Crippen LogP contribution in [-0.2, 0) is 0 Å². The third-order valence-corrected chi connectivity index (χ3v) is 5.44. The Labute approximate surface area is 128 Å². The number of amides is 1. The molecule has 2 N–H and O–H groups in total. The van der Waals surface area contributed by atoms with Crippen LogP contribution < -0.4 is 5.32 Å². The van der Waals surface area contributed by atoms with Gasteiger partial charge in [0.2, 0.25) is 0 Å². The largest absolute Gasteiger partial charge is 0.384 e. The molecular formula is C15H19NO2S2. The molecular weight excluding hydrogens is 290 g/mol. The molecule has 1 aliphatic rings. The van der Waals surface area contributed by atoms with Crippen molar-refractivity contribution in [3.63, 3.8) is 0 Å². The first-order valence-corrected chi connectivity index (χ1v) is 8.77. The van der Waals surface area contributed by atoms with Crippen molar-refractivity contribution in [3.05, 3.63) is 21.9 Å². The molecule has 20 heavy (non-hydrogen) atoms. The van der Waals surface area contributed by atoms with Crippen LogP contribution in [0.15, 0.2) is 11.4 Å². The molecule has 1 fully saturated rings. The molecule has 0 aliphatic heterocycles. The van der Waals surface area contributed by atoms with Gasteiger partial charge in [0.05, 0.1) is 0 Å². The molecule has 1 saturated carbocycles. The van der Waals surface area contributed by atoms with Crippen LogP contribution in [0.5, 0.6) is 0 Å². The van der Waals surface area contributed by atoms with Gasteiger partial charge in [-0.2, -0.15) is 11.8 Å². The van der Waals surface area contributed by atoms with Gasteiger partial charge in [0.1, 0.15) is 11.5 Å². The van der Waals surface area contributed by atoms with Gasteiger partial charge >= 0.3 is 0 Å². The van der Waals surface area contributed by atoms with E-state index in [1.807, 2.05) is 23.2 Å². The molecule has 2 atom stereocenters. The molecule has 5 heteroatoms. The van der Waals surface area contributed by atoms with Crippen LogP contribution in [0.1, 0.15) is 41.4 Å². The lowest BCUT2D eigenvalue weighted by Crippen LogP contribution is -2.33. The van der Waals surface area contributed by atoms with Crippen molar-refractivity contribution in [2.75, 3.05) is 12.4 Å². The van der Waals surface area contributed by atoms with Crippen LogP contribution in [0, 0.1) is 11.8 Å². The van der Waals surface area contributed by atoms with Gasteiger partial charge in [0, 0.05) is 16.9 Å². The van der Waals surface area contributed by atoms with Crippen LogP contribution in [0.2, 0.25) is 0 Å². The normalized spacial score (nSPS) is 21.3. The fourth-order valence-corrected chi connectivity index (χ4v) is 4.32. The molecule has 1 aromatic heterocycles. The number of nitrogens with one attached hydrogen (secondary N) is 1. The van der Waals surface area contributed by atoms with E-state index in [1.54, 1.807) is 0 Å². The van der Waals surface area contributed by atoms with E-state index in [4.69, 9.17) is 5.11 Å². The predicted octanol–water partition coefficient (Wildman–Crippen LogP) is 2.50. The molecule has 1 aliphatic carbocycles. The Morgan fingerprint density at radius 2 is 2.45 bits per heavy atom. The summed E-state index contributed by atoms with van der Waals surface area (Å²) in [5.41, 5.74) is 0.707. The van der Waals surface area contributed by atoms with Gasteiger partial charge in [-0.3, -0.25) is 4.79 Å². The van der Waals surface area contributed by atoms with Crippen molar-refractivity contribution < 1.29 is 9.90 Å². The Balaban J connectivity index is 1.94. The van der Waals surface area contributed by atoms with Crippen molar-refractivity contribution >= 4 is 29.0 Å². The second kappa shape index (κ2) is 7.72. The van der Waals surface area contributed by atoms with Crippen molar-refractivity contribution in [1.29, 1.82) is 0 Å². The highest BCUT2D eigenvalue weighted by Gasteiger charge is 2.26. The Bertz CT molecular complexity index is 515. The van der Waals surface area contributed by atoms with E-state index in [0.29, 0.717) is 15.7 Å². The van der Waals surface area contributed by atoms with Gasteiger partial charge in [0.25, 0.3) is 5.91 Å². The smallest absolute Gasteiger partial charge is 0.262 e. The van der Waals surface area contributed by atoms with Crippen LogP contribution in [0.4, 0.5) is 0 Å². The van der Waals surface area contributed by atoms with Gasteiger partial charge in [0.15, 0.2) is 0 Å². The summed E-state index contributed by atoms with van der Waals surface area (Å²) in [6, 6.07) is 2.11. The molecule has 0 spiro atoms. The highest BCUT2D eigenvalue weighted by Crippen LogP contribution is 2.30. The average Bonchev–Trinajstić information content (AvgIpc) is 3.06. The standard InChI is InChI=1S/C15H19NO2S2/c1-2-19-13-6-5-12(10-13)16-15(18)14-11(4-3-8-17)7-9-20-14/h7,9,12-13,17H,2,5-6,8,10H2,1H3,(H,16,18). The van der Waals surface area contributed by atoms with E-state index in [2.05, 4.69) is 24.1 Å². The van der Waals surface area contributed by atoms with E-state index < -0.39 is 0 Å². The van der Waals surface area contributed by atoms with E-state index >= 15 is 0 Å². The highest BCUT2D eigenvalue weighted by molar-refractivity contribution is 7.99. The minimum absolute atomic E-state index is 0.0330. The molecule has 3 nitrogen and oxygen atoms in total. The first-order chi connectivity index (χ1) is 9.74. The van der Waals surface area contributed by atoms with Crippen molar-refractivity contribution in [2.24, 2.45) is 0 Å². The van der Waals surface area contributed by atoms with E-state index in [1.165, 1.54) is 17.8 Å². The SMILES string of the molecule is CCSC1CCC(NC(=O)c2sccc2C#CCO)C1. The lowest BCUT2D eigenvalue weighted by atomic mass is 10.2. The molecule has 0 aromatic carbocycles. The maximum Gasteiger partial charge on any atom is 0.262 e. The third kappa shape index (κ3) is 4.02. The number of thioether (sulfide) groups is 1. The second-order valence-electron chi connectivity index (χ2n) is 4.68. The highest BCUT2D eigenvalue weighted by atomic mass is 32.2. The van der Waals surface area contributed by atoms with Crippen LogP contribution in [-0.4, -0.2) is 34.7 Å². The second-order valence-corrected chi connectivity index (χ2v) is 7.18. The van der Waals surface area contributed by atoms with Crippen LogP contribution in [0.3, 0.4) is 0 Å². The Morgan fingerprint density at radius 1 is 1.60 bits per heavy atom.